The van der Waals surface area contributed by atoms with E-state index in [0.29, 0.717) is 37.1 Å². The van der Waals surface area contributed by atoms with Crippen LogP contribution in [0.5, 0.6) is 0 Å². The predicted molar refractivity (Wildman–Crippen MR) is 96.1 cm³/mol. The maximum absolute atomic E-state index is 12.8. The van der Waals surface area contributed by atoms with Gasteiger partial charge in [0.2, 0.25) is 0 Å². The van der Waals surface area contributed by atoms with Crippen molar-refractivity contribution in [1.82, 2.24) is 14.9 Å². The van der Waals surface area contributed by atoms with Crippen molar-refractivity contribution in [3.05, 3.63) is 57.8 Å². The maximum Gasteiger partial charge on any atom is 0.254 e. The first-order valence-corrected chi connectivity index (χ1v) is 8.92. The molecule has 1 fully saturated rings. The summed E-state index contributed by atoms with van der Waals surface area (Å²) in [6.45, 7) is 3.34. The summed E-state index contributed by atoms with van der Waals surface area (Å²) in [7, 11) is 0. The van der Waals surface area contributed by atoms with Crippen LogP contribution in [0.1, 0.15) is 34.5 Å². The van der Waals surface area contributed by atoms with Crippen LogP contribution in [0.4, 0.5) is 5.69 Å². The van der Waals surface area contributed by atoms with E-state index in [9.17, 15) is 9.59 Å². The van der Waals surface area contributed by atoms with Crippen LogP contribution in [0.25, 0.3) is 0 Å². The third-order valence-electron chi connectivity index (χ3n) is 5.16. The zero-order valence-electron chi connectivity index (χ0n) is 14.2. The maximum atomic E-state index is 12.8. The Labute approximate surface area is 146 Å². The van der Waals surface area contributed by atoms with Crippen molar-refractivity contribution in [3.8, 4) is 0 Å². The monoisotopic (exact) mass is 338 g/mol. The van der Waals surface area contributed by atoms with Gasteiger partial charge in [-0.3, -0.25) is 9.59 Å². The van der Waals surface area contributed by atoms with Gasteiger partial charge in [0.25, 0.3) is 11.5 Å². The van der Waals surface area contributed by atoms with E-state index in [1.54, 1.807) is 0 Å². The van der Waals surface area contributed by atoms with Crippen LogP contribution >= 0.6 is 0 Å². The van der Waals surface area contributed by atoms with Crippen LogP contribution in [0.2, 0.25) is 0 Å². The highest BCUT2D eigenvalue weighted by molar-refractivity contribution is 5.94. The van der Waals surface area contributed by atoms with Crippen molar-refractivity contribution < 1.29 is 4.79 Å². The van der Waals surface area contributed by atoms with Crippen molar-refractivity contribution in [2.24, 2.45) is 0 Å². The minimum atomic E-state index is -0.0886. The van der Waals surface area contributed by atoms with Crippen LogP contribution in [-0.4, -0.2) is 47.0 Å². The predicted octanol–water partition coefficient (Wildman–Crippen LogP) is 1.61. The first kappa shape index (κ1) is 15.9. The second kappa shape index (κ2) is 6.70. The fourth-order valence-electron chi connectivity index (χ4n) is 3.71. The van der Waals surface area contributed by atoms with E-state index in [1.807, 2.05) is 29.2 Å². The number of aromatic amines is 1. The Morgan fingerprint density at radius 1 is 1.00 bits per heavy atom. The molecular formula is C19H22N4O2. The molecule has 0 bridgehead atoms. The van der Waals surface area contributed by atoms with E-state index in [0.717, 1.165) is 18.8 Å². The quantitative estimate of drug-likeness (QED) is 0.903. The summed E-state index contributed by atoms with van der Waals surface area (Å²) in [6.07, 6.45) is 5.09. The summed E-state index contributed by atoms with van der Waals surface area (Å²) in [4.78, 5) is 35.8. The van der Waals surface area contributed by atoms with Gasteiger partial charge >= 0.3 is 0 Å². The molecule has 25 heavy (non-hydrogen) atoms. The smallest absolute Gasteiger partial charge is 0.254 e. The van der Waals surface area contributed by atoms with Crippen LogP contribution in [0, 0.1) is 0 Å². The number of fused-ring (bicyclic) bond motifs is 1. The second-order valence-electron chi connectivity index (χ2n) is 6.69. The Hall–Kier alpha value is -2.63. The van der Waals surface area contributed by atoms with Gasteiger partial charge in [-0.15, -0.1) is 0 Å². The number of aromatic nitrogens is 2. The molecule has 6 heteroatoms. The number of H-pyrrole nitrogens is 1. The summed E-state index contributed by atoms with van der Waals surface area (Å²) in [5, 5.41) is 0. The molecule has 0 atom stereocenters. The van der Waals surface area contributed by atoms with Gasteiger partial charge in [-0.05, 0) is 43.5 Å². The molecule has 1 aromatic carbocycles. The zero-order chi connectivity index (χ0) is 17.2. The molecular weight excluding hydrogens is 316 g/mol. The summed E-state index contributed by atoms with van der Waals surface area (Å²) in [5.74, 6) is 0.0252. The fourth-order valence-corrected chi connectivity index (χ4v) is 3.71. The lowest BCUT2D eigenvalue weighted by Crippen LogP contribution is -2.33. The molecule has 0 unspecified atom stereocenters. The molecule has 2 aromatic rings. The summed E-state index contributed by atoms with van der Waals surface area (Å²) in [5.41, 5.74) is 3.32. The lowest BCUT2D eigenvalue weighted by Gasteiger charge is -2.21. The molecule has 0 radical (unpaired) electrons. The highest BCUT2D eigenvalue weighted by atomic mass is 16.2. The van der Waals surface area contributed by atoms with E-state index in [2.05, 4.69) is 14.9 Å². The van der Waals surface area contributed by atoms with E-state index in [4.69, 9.17) is 0 Å². The molecule has 1 amide bonds. The number of carbonyl (C=O) groups is 1. The van der Waals surface area contributed by atoms with Crippen LogP contribution in [0.3, 0.4) is 0 Å². The van der Waals surface area contributed by atoms with E-state index in [-0.39, 0.29) is 11.5 Å². The minimum Gasteiger partial charge on any atom is -0.372 e. The average Bonchev–Trinajstić information content (AvgIpc) is 3.09. The number of hydrogen-bond acceptors (Lipinski definition) is 4. The van der Waals surface area contributed by atoms with Crippen molar-refractivity contribution in [2.75, 3.05) is 31.1 Å². The summed E-state index contributed by atoms with van der Waals surface area (Å²) < 4.78 is 0. The third-order valence-corrected chi connectivity index (χ3v) is 5.16. The molecule has 0 aliphatic carbocycles. The first-order valence-electron chi connectivity index (χ1n) is 8.92. The summed E-state index contributed by atoms with van der Waals surface area (Å²) >= 11 is 0. The lowest BCUT2D eigenvalue weighted by molar-refractivity contribution is 0.0763. The van der Waals surface area contributed by atoms with Gasteiger partial charge in [0.05, 0.1) is 12.0 Å². The number of benzene rings is 1. The van der Waals surface area contributed by atoms with Gasteiger partial charge in [0, 0.05) is 49.4 Å². The van der Waals surface area contributed by atoms with Crippen molar-refractivity contribution in [1.29, 1.82) is 0 Å². The molecule has 3 heterocycles. The second-order valence-corrected chi connectivity index (χ2v) is 6.69. The van der Waals surface area contributed by atoms with Gasteiger partial charge in [0.15, 0.2) is 0 Å². The Kier molecular flexibility index (Phi) is 4.26. The molecule has 2 aliphatic heterocycles. The standard InChI is InChI=1S/C19H22N4O2/c24-18-16-7-11-23(12-8-17(16)20-13-21-18)19(25)14-3-5-15(6-4-14)22-9-1-2-10-22/h3-6,13H,1-2,7-12H2,(H,20,21,24). The van der Waals surface area contributed by atoms with Gasteiger partial charge in [-0.1, -0.05) is 0 Å². The molecule has 1 aromatic heterocycles. The molecule has 1 saturated heterocycles. The highest BCUT2D eigenvalue weighted by Crippen LogP contribution is 2.21. The number of nitrogens with one attached hydrogen (secondary N) is 1. The van der Waals surface area contributed by atoms with Gasteiger partial charge in [-0.25, -0.2) is 4.98 Å². The van der Waals surface area contributed by atoms with Gasteiger partial charge in [-0.2, -0.15) is 0 Å². The molecule has 6 nitrogen and oxygen atoms in total. The Bertz CT molecular complexity index is 822. The van der Waals surface area contributed by atoms with Crippen molar-refractivity contribution in [2.45, 2.75) is 25.7 Å². The van der Waals surface area contributed by atoms with Crippen LogP contribution < -0.4 is 10.5 Å². The van der Waals surface area contributed by atoms with Crippen molar-refractivity contribution >= 4 is 11.6 Å². The number of hydrogen-bond donors (Lipinski definition) is 1. The fraction of sp³-hybridized carbons (Fsp3) is 0.421. The first-order chi connectivity index (χ1) is 12.2. The SMILES string of the molecule is O=C(c1ccc(N2CCCC2)cc1)N1CCc2nc[nH]c(=O)c2CC1. The number of amides is 1. The van der Waals surface area contributed by atoms with Crippen molar-refractivity contribution in [3.63, 3.8) is 0 Å². The number of carbonyl (C=O) groups excluding carboxylic acids is 1. The topological polar surface area (TPSA) is 69.3 Å². The van der Waals surface area contributed by atoms with Gasteiger partial charge < -0.3 is 14.8 Å². The van der Waals surface area contributed by atoms with E-state index < -0.39 is 0 Å². The molecule has 4 rings (SSSR count). The van der Waals surface area contributed by atoms with E-state index in [1.165, 1.54) is 24.9 Å². The highest BCUT2D eigenvalue weighted by Gasteiger charge is 2.22. The molecule has 130 valence electrons. The Balaban J connectivity index is 1.48. The largest absolute Gasteiger partial charge is 0.372 e. The Morgan fingerprint density at radius 3 is 2.48 bits per heavy atom. The number of nitrogens with zero attached hydrogens (tertiary/aromatic N) is 3. The molecule has 0 spiro atoms. The minimum absolute atomic E-state index is 0.0252. The van der Waals surface area contributed by atoms with Crippen LogP contribution in [0.15, 0.2) is 35.4 Å². The Morgan fingerprint density at radius 2 is 1.72 bits per heavy atom. The summed E-state index contributed by atoms with van der Waals surface area (Å²) in [6, 6.07) is 7.91. The molecule has 0 saturated carbocycles. The molecule has 1 N–H and O–H groups in total. The lowest BCUT2D eigenvalue weighted by atomic mass is 10.1. The third kappa shape index (κ3) is 3.16. The van der Waals surface area contributed by atoms with Crippen LogP contribution in [-0.2, 0) is 12.8 Å². The zero-order valence-corrected chi connectivity index (χ0v) is 14.2. The van der Waals surface area contributed by atoms with E-state index >= 15 is 0 Å². The molecule has 2 aliphatic rings. The average molecular weight is 338 g/mol. The normalized spacial score (nSPS) is 17.3. The number of anilines is 1. The number of rotatable bonds is 2. The van der Waals surface area contributed by atoms with Gasteiger partial charge in [0.1, 0.15) is 0 Å².